The van der Waals surface area contributed by atoms with Crippen LogP contribution >= 0.6 is 0 Å². The fraction of sp³-hybridized carbons (Fsp3) is 0.242. The molecule has 2 heteroatoms. The van der Waals surface area contributed by atoms with Gasteiger partial charge in [0.15, 0.2) is 0 Å². The number of benzene rings is 3. The van der Waals surface area contributed by atoms with Gasteiger partial charge < -0.3 is 4.74 Å². The molecule has 3 aromatic rings. The molecule has 0 radical (unpaired) electrons. The Hall–Kier alpha value is -3.83. The summed E-state index contributed by atoms with van der Waals surface area (Å²) in [6, 6.07) is 24.5. The van der Waals surface area contributed by atoms with Gasteiger partial charge in [-0.1, -0.05) is 102 Å². The third-order valence-corrected chi connectivity index (χ3v) is 5.64. The van der Waals surface area contributed by atoms with Crippen LogP contribution in [0.15, 0.2) is 92.0 Å². The van der Waals surface area contributed by atoms with Crippen LogP contribution in [0.1, 0.15) is 69.4 Å². The molecule has 0 bridgehead atoms. The maximum absolute atomic E-state index is 9.86. The SMILES string of the molecule is C=CCc1cc(C(=C)/C(=C\C)c2ccccc2)ccc1Oc1cccc(C(C)(C)C)c1C#N.CC. The summed E-state index contributed by atoms with van der Waals surface area (Å²) in [6.07, 6.45) is 4.60. The quantitative estimate of drug-likeness (QED) is 0.258. The average molecular weight is 464 g/mol. The fourth-order valence-corrected chi connectivity index (χ4v) is 3.95. The molecule has 2 nitrogen and oxygen atoms in total. The van der Waals surface area contributed by atoms with Crippen molar-refractivity contribution >= 4 is 11.1 Å². The van der Waals surface area contributed by atoms with E-state index in [1.165, 1.54) is 0 Å². The third-order valence-electron chi connectivity index (χ3n) is 5.64. The van der Waals surface area contributed by atoms with Crippen LogP contribution < -0.4 is 4.74 Å². The zero-order valence-electron chi connectivity index (χ0n) is 22.0. The molecule has 0 aliphatic rings. The minimum Gasteiger partial charge on any atom is -0.456 e. The number of ether oxygens (including phenoxy) is 1. The van der Waals surface area contributed by atoms with E-state index in [0.717, 1.165) is 39.1 Å². The van der Waals surface area contributed by atoms with Crippen molar-refractivity contribution in [2.45, 2.75) is 53.4 Å². The smallest absolute Gasteiger partial charge is 0.145 e. The summed E-state index contributed by atoms with van der Waals surface area (Å²) in [7, 11) is 0. The van der Waals surface area contributed by atoms with Gasteiger partial charge in [-0.15, -0.1) is 6.58 Å². The highest BCUT2D eigenvalue weighted by atomic mass is 16.5. The van der Waals surface area contributed by atoms with Crippen LogP contribution in [0.5, 0.6) is 11.5 Å². The summed E-state index contributed by atoms with van der Waals surface area (Å²) < 4.78 is 6.31. The standard InChI is InChI=1S/C31H31NO.C2H6/c1-7-13-25-20-24(22(3)26(8-2)23-14-10-9-11-15-23)18-19-29(25)33-30-17-12-16-28(27(30)21-32)31(4,5)6;1-2/h7-12,14-20H,1,3,13H2,2,4-6H3;1-2H3/b26-8+;. The highest BCUT2D eigenvalue weighted by Gasteiger charge is 2.21. The predicted octanol–water partition coefficient (Wildman–Crippen LogP) is 9.52. The van der Waals surface area contributed by atoms with E-state index in [9.17, 15) is 5.26 Å². The van der Waals surface area contributed by atoms with Gasteiger partial charge in [-0.2, -0.15) is 5.26 Å². The van der Waals surface area contributed by atoms with Crippen LogP contribution in [-0.2, 0) is 11.8 Å². The highest BCUT2D eigenvalue weighted by molar-refractivity contribution is 6.04. The van der Waals surface area contributed by atoms with Crippen molar-refractivity contribution in [3.05, 3.63) is 120 Å². The Morgan fingerprint density at radius 2 is 1.63 bits per heavy atom. The van der Waals surface area contributed by atoms with Crippen molar-refractivity contribution in [3.63, 3.8) is 0 Å². The Morgan fingerprint density at radius 1 is 0.943 bits per heavy atom. The van der Waals surface area contributed by atoms with Gasteiger partial charge in [-0.25, -0.2) is 0 Å². The number of rotatable bonds is 7. The Labute approximate surface area is 211 Å². The first-order chi connectivity index (χ1) is 16.8. The lowest BCUT2D eigenvalue weighted by Crippen LogP contribution is -2.13. The maximum Gasteiger partial charge on any atom is 0.145 e. The van der Waals surface area contributed by atoms with Gasteiger partial charge in [0.05, 0.1) is 5.56 Å². The largest absolute Gasteiger partial charge is 0.456 e. The number of nitriles is 1. The van der Waals surface area contributed by atoms with Crippen molar-refractivity contribution in [3.8, 4) is 17.6 Å². The molecule has 3 aromatic carbocycles. The Morgan fingerprint density at radius 3 is 2.20 bits per heavy atom. The lowest BCUT2D eigenvalue weighted by Gasteiger charge is -2.22. The molecule has 0 saturated heterocycles. The van der Waals surface area contributed by atoms with Crippen LogP contribution in [0, 0.1) is 11.3 Å². The van der Waals surface area contributed by atoms with E-state index in [1.807, 2.05) is 75.4 Å². The van der Waals surface area contributed by atoms with Crippen molar-refractivity contribution < 1.29 is 4.74 Å². The second-order valence-corrected chi connectivity index (χ2v) is 9.00. The zero-order valence-corrected chi connectivity index (χ0v) is 22.0. The minimum absolute atomic E-state index is 0.156. The summed E-state index contributed by atoms with van der Waals surface area (Å²) >= 11 is 0. The van der Waals surface area contributed by atoms with Gasteiger partial charge in [-0.05, 0) is 70.4 Å². The van der Waals surface area contributed by atoms with E-state index in [2.05, 4.69) is 64.3 Å². The lowest BCUT2D eigenvalue weighted by molar-refractivity contribution is 0.472. The van der Waals surface area contributed by atoms with Gasteiger partial charge in [-0.3, -0.25) is 0 Å². The van der Waals surface area contributed by atoms with E-state index in [0.29, 0.717) is 17.7 Å². The van der Waals surface area contributed by atoms with Crippen LogP contribution in [0.2, 0.25) is 0 Å². The molecule has 0 N–H and O–H groups in total. The van der Waals surface area contributed by atoms with Crippen molar-refractivity contribution in [1.82, 2.24) is 0 Å². The molecule has 0 aliphatic carbocycles. The van der Waals surface area contributed by atoms with Crippen LogP contribution in [0.25, 0.3) is 11.1 Å². The molecule has 0 heterocycles. The Balaban J connectivity index is 0.00000210. The highest BCUT2D eigenvalue weighted by Crippen LogP contribution is 2.37. The molecule has 0 unspecified atom stereocenters. The maximum atomic E-state index is 9.86. The average Bonchev–Trinajstić information content (AvgIpc) is 2.86. The van der Waals surface area contributed by atoms with E-state index >= 15 is 0 Å². The number of hydrogen-bond acceptors (Lipinski definition) is 2. The summed E-state index contributed by atoms with van der Waals surface area (Å²) in [6.45, 7) is 20.6. The first-order valence-electron chi connectivity index (χ1n) is 12.2. The van der Waals surface area contributed by atoms with Crippen LogP contribution in [0.4, 0.5) is 0 Å². The summed E-state index contributed by atoms with van der Waals surface area (Å²) in [5.74, 6) is 1.29. The first-order valence-corrected chi connectivity index (χ1v) is 12.2. The second-order valence-electron chi connectivity index (χ2n) is 9.00. The first kappa shape index (κ1) is 27.4. The molecule has 0 spiro atoms. The van der Waals surface area contributed by atoms with Crippen molar-refractivity contribution in [2.75, 3.05) is 0 Å². The van der Waals surface area contributed by atoms with Gasteiger partial charge >= 0.3 is 0 Å². The normalized spacial score (nSPS) is 11.1. The summed E-state index contributed by atoms with van der Waals surface area (Å²) in [5.41, 5.74) is 6.59. The molecular formula is C33H37NO. The molecule has 35 heavy (non-hydrogen) atoms. The molecule has 3 rings (SSSR count). The van der Waals surface area contributed by atoms with E-state index in [4.69, 9.17) is 4.74 Å². The molecule has 0 saturated carbocycles. The molecule has 0 aromatic heterocycles. The summed E-state index contributed by atoms with van der Waals surface area (Å²) in [5, 5.41) is 9.86. The third kappa shape index (κ3) is 6.61. The predicted molar refractivity (Wildman–Crippen MR) is 151 cm³/mol. The van der Waals surface area contributed by atoms with Crippen LogP contribution in [-0.4, -0.2) is 0 Å². The molecule has 0 aliphatic heterocycles. The monoisotopic (exact) mass is 463 g/mol. The van der Waals surface area contributed by atoms with Crippen LogP contribution in [0.3, 0.4) is 0 Å². The van der Waals surface area contributed by atoms with E-state index in [-0.39, 0.29) is 5.41 Å². The number of allylic oxidation sites excluding steroid dienone is 4. The van der Waals surface area contributed by atoms with Gasteiger partial charge in [0.2, 0.25) is 0 Å². The topological polar surface area (TPSA) is 33.0 Å². The van der Waals surface area contributed by atoms with Gasteiger partial charge in [0.25, 0.3) is 0 Å². The molecular weight excluding hydrogens is 426 g/mol. The minimum atomic E-state index is -0.156. The lowest BCUT2D eigenvalue weighted by atomic mass is 9.84. The summed E-state index contributed by atoms with van der Waals surface area (Å²) in [4.78, 5) is 0. The van der Waals surface area contributed by atoms with Gasteiger partial charge in [0.1, 0.15) is 17.6 Å². The van der Waals surface area contributed by atoms with E-state index in [1.54, 1.807) is 0 Å². The van der Waals surface area contributed by atoms with Gasteiger partial charge in [0, 0.05) is 0 Å². The Kier molecular flexibility index (Phi) is 9.86. The number of nitrogens with zero attached hydrogens (tertiary/aromatic N) is 1. The second kappa shape index (κ2) is 12.6. The molecule has 0 amide bonds. The number of hydrogen-bond donors (Lipinski definition) is 0. The van der Waals surface area contributed by atoms with Crippen molar-refractivity contribution in [2.24, 2.45) is 0 Å². The molecule has 0 fully saturated rings. The van der Waals surface area contributed by atoms with E-state index < -0.39 is 0 Å². The molecule has 180 valence electrons. The Bertz CT molecular complexity index is 1230. The molecule has 0 atom stereocenters. The fourth-order valence-electron chi connectivity index (χ4n) is 3.95. The zero-order chi connectivity index (χ0) is 26.0. The van der Waals surface area contributed by atoms with Crippen molar-refractivity contribution in [1.29, 1.82) is 5.26 Å².